The van der Waals surface area contributed by atoms with Crippen LogP contribution in [0.3, 0.4) is 0 Å². The van der Waals surface area contributed by atoms with E-state index in [9.17, 15) is 4.79 Å². The lowest BCUT2D eigenvalue weighted by Crippen LogP contribution is -2.36. The van der Waals surface area contributed by atoms with Gasteiger partial charge in [-0.05, 0) is 31.0 Å². The van der Waals surface area contributed by atoms with E-state index in [0.717, 1.165) is 61.7 Å². The van der Waals surface area contributed by atoms with E-state index in [4.69, 9.17) is 9.72 Å². The summed E-state index contributed by atoms with van der Waals surface area (Å²) in [4.78, 5) is 19.2. The molecule has 28 heavy (non-hydrogen) atoms. The molecule has 1 aromatic carbocycles. The molecule has 1 aliphatic heterocycles. The monoisotopic (exact) mass is 381 g/mol. The molecule has 1 aliphatic carbocycles. The first-order chi connectivity index (χ1) is 13.7. The summed E-state index contributed by atoms with van der Waals surface area (Å²) in [6, 6.07) is 6.39. The highest BCUT2D eigenvalue weighted by atomic mass is 16.5. The summed E-state index contributed by atoms with van der Waals surface area (Å²) in [5.41, 5.74) is 4.38. The summed E-state index contributed by atoms with van der Waals surface area (Å²) < 4.78 is 7.45. The van der Waals surface area contributed by atoms with Gasteiger partial charge >= 0.3 is 6.03 Å². The number of anilines is 2. The molecule has 0 atom stereocenters. The van der Waals surface area contributed by atoms with Gasteiger partial charge in [-0.2, -0.15) is 5.10 Å². The van der Waals surface area contributed by atoms with Crippen LogP contribution in [0.4, 0.5) is 16.2 Å². The zero-order chi connectivity index (χ0) is 19.1. The quantitative estimate of drug-likeness (QED) is 0.643. The van der Waals surface area contributed by atoms with Crippen LogP contribution >= 0.6 is 0 Å². The Morgan fingerprint density at radius 1 is 1.29 bits per heavy atom. The van der Waals surface area contributed by atoms with Crippen molar-refractivity contribution in [2.45, 2.75) is 18.9 Å². The number of imidazole rings is 1. The van der Waals surface area contributed by atoms with E-state index >= 15 is 0 Å². The van der Waals surface area contributed by atoms with Crippen molar-refractivity contribution >= 4 is 28.4 Å². The lowest BCUT2D eigenvalue weighted by atomic mass is 10.2. The lowest BCUT2D eigenvalue weighted by Gasteiger charge is -2.28. The van der Waals surface area contributed by atoms with Gasteiger partial charge in [-0.15, -0.1) is 0 Å². The van der Waals surface area contributed by atoms with Gasteiger partial charge in [0.1, 0.15) is 5.69 Å². The van der Waals surface area contributed by atoms with Crippen LogP contribution in [0.25, 0.3) is 22.6 Å². The Balaban J connectivity index is 1.45. The molecule has 1 saturated carbocycles. The Morgan fingerprint density at radius 3 is 2.89 bits per heavy atom. The van der Waals surface area contributed by atoms with Crippen molar-refractivity contribution < 1.29 is 9.53 Å². The highest BCUT2D eigenvalue weighted by molar-refractivity contribution is 5.94. The van der Waals surface area contributed by atoms with Gasteiger partial charge in [-0.1, -0.05) is 0 Å². The number of ether oxygens (including phenoxy) is 1. The largest absolute Gasteiger partial charge is 0.378 e. The molecular weight excluding hydrogens is 358 g/mol. The zero-order valence-corrected chi connectivity index (χ0v) is 15.7. The Hall–Kier alpha value is -3.07. The lowest BCUT2D eigenvalue weighted by molar-refractivity contribution is 0.122. The molecule has 0 bridgehead atoms. The fourth-order valence-electron chi connectivity index (χ4n) is 3.55. The second-order valence-electron chi connectivity index (χ2n) is 7.30. The van der Waals surface area contributed by atoms with E-state index in [1.165, 1.54) is 0 Å². The molecule has 146 valence electrons. The Bertz CT molecular complexity index is 1010. The van der Waals surface area contributed by atoms with E-state index in [2.05, 4.69) is 43.9 Å². The van der Waals surface area contributed by atoms with Crippen LogP contribution in [0.1, 0.15) is 12.8 Å². The summed E-state index contributed by atoms with van der Waals surface area (Å²) in [6.45, 7) is 3.26. The molecule has 2 aliphatic rings. The van der Waals surface area contributed by atoms with Gasteiger partial charge in [-0.3, -0.25) is 5.10 Å². The number of H-pyrrole nitrogens is 1. The molecule has 5 rings (SSSR count). The van der Waals surface area contributed by atoms with Crippen LogP contribution in [-0.2, 0) is 11.8 Å². The predicted octanol–water partition coefficient (Wildman–Crippen LogP) is 2.08. The minimum Gasteiger partial charge on any atom is -0.378 e. The van der Waals surface area contributed by atoms with Crippen LogP contribution in [-0.4, -0.2) is 58.1 Å². The molecular formula is C19H23N7O2. The molecule has 2 fully saturated rings. The summed E-state index contributed by atoms with van der Waals surface area (Å²) in [5, 5.41) is 12.9. The van der Waals surface area contributed by atoms with E-state index in [1.54, 1.807) is 6.20 Å². The first kappa shape index (κ1) is 17.1. The van der Waals surface area contributed by atoms with E-state index in [0.29, 0.717) is 17.4 Å². The number of amides is 2. The molecule has 2 amide bonds. The van der Waals surface area contributed by atoms with Crippen molar-refractivity contribution in [1.82, 2.24) is 25.1 Å². The third-order valence-electron chi connectivity index (χ3n) is 5.26. The molecule has 2 aromatic heterocycles. The number of fused-ring (bicyclic) bond motifs is 1. The van der Waals surface area contributed by atoms with Crippen molar-refractivity contribution in [3.05, 3.63) is 24.4 Å². The first-order valence-corrected chi connectivity index (χ1v) is 9.59. The average Bonchev–Trinajstić information content (AvgIpc) is 3.31. The van der Waals surface area contributed by atoms with Crippen LogP contribution in [0, 0.1) is 0 Å². The summed E-state index contributed by atoms with van der Waals surface area (Å²) in [7, 11) is 1.97. The SMILES string of the molecule is Cn1c(-c2[nH]ncc2NC(=O)NC2CC2)nc2cc(N3CCOCC3)ccc21. The number of aryl methyl sites for hydroxylation is 1. The van der Waals surface area contributed by atoms with E-state index in [-0.39, 0.29) is 6.03 Å². The van der Waals surface area contributed by atoms with Crippen molar-refractivity contribution in [1.29, 1.82) is 0 Å². The molecule has 9 heteroatoms. The molecule has 0 radical (unpaired) electrons. The number of carbonyl (C=O) groups excluding carboxylic acids is 1. The molecule has 1 saturated heterocycles. The fraction of sp³-hybridized carbons (Fsp3) is 0.421. The van der Waals surface area contributed by atoms with Crippen LogP contribution in [0.15, 0.2) is 24.4 Å². The van der Waals surface area contributed by atoms with E-state index < -0.39 is 0 Å². The Morgan fingerprint density at radius 2 is 2.11 bits per heavy atom. The number of urea groups is 1. The third kappa shape index (κ3) is 3.18. The number of benzene rings is 1. The number of nitrogens with one attached hydrogen (secondary N) is 3. The highest BCUT2D eigenvalue weighted by Gasteiger charge is 2.24. The van der Waals surface area contributed by atoms with Gasteiger partial charge in [0, 0.05) is 31.9 Å². The van der Waals surface area contributed by atoms with Gasteiger partial charge < -0.3 is 24.8 Å². The highest BCUT2D eigenvalue weighted by Crippen LogP contribution is 2.30. The number of aromatic nitrogens is 4. The molecule has 3 heterocycles. The number of rotatable bonds is 4. The number of aromatic amines is 1. The molecule has 0 unspecified atom stereocenters. The van der Waals surface area contributed by atoms with Gasteiger partial charge in [0.05, 0.1) is 36.1 Å². The minimum atomic E-state index is -0.210. The first-order valence-electron chi connectivity index (χ1n) is 9.59. The minimum absolute atomic E-state index is 0.210. The molecule has 9 nitrogen and oxygen atoms in total. The van der Waals surface area contributed by atoms with Crippen molar-refractivity contribution in [3.63, 3.8) is 0 Å². The summed E-state index contributed by atoms with van der Waals surface area (Å²) >= 11 is 0. The van der Waals surface area contributed by atoms with Gasteiger partial charge in [0.15, 0.2) is 5.82 Å². The van der Waals surface area contributed by atoms with Gasteiger partial charge in [0.25, 0.3) is 0 Å². The number of morpholine rings is 1. The maximum absolute atomic E-state index is 12.1. The second kappa shape index (κ2) is 6.83. The maximum Gasteiger partial charge on any atom is 0.319 e. The maximum atomic E-state index is 12.1. The molecule has 3 aromatic rings. The Labute approximate surface area is 162 Å². The molecule has 3 N–H and O–H groups in total. The van der Waals surface area contributed by atoms with Crippen molar-refractivity contribution in [2.75, 3.05) is 36.5 Å². The zero-order valence-electron chi connectivity index (χ0n) is 15.7. The molecule has 0 spiro atoms. The fourth-order valence-corrected chi connectivity index (χ4v) is 3.55. The topological polar surface area (TPSA) is 100 Å². The standard InChI is InChI=1S/C19H23N7O2/c1-25-16-5-4-13(26-6-8-28-9-7-26)10-14(16)22-18(25)17-15(11-20-24-17)23-19(27)21-12-2-3-12/h4-5,10-12H,2-3,6-9H2,1H3,(H,20,24)(H2,21,23,27). The van der Waals surface area contributed by atoms with Crippen LogP contribution in [0.2, 0.25) is 0 Å². The van der Waals surface area contributed by atoms with Crippen molar-refractivity contribution in [3.8, 4) is 11.5 Å². The number of nitrogens with zero attached hydrogens (tertiary/aromatic N) is 4. The van der Waals surface area contributed by atoms with Crippen LogP contribution < -0.4 is 15.5 Å². The number of hydrogen-bond donors (Lipinski definition) is 3. The number of hydrogen-bond acceptors (Lipinski definition) is 5. The van der Waals surface area contributed by atoms with Crippen molar-refractivity contribution in [2.24, 2.45) is 7.05 Å². The Kier molecular flexibility index (Phi) is 4.16. The normalized spacial score (nSPS) is 17.1. The van der Waals surface area contributed by atoms with Gasteiger partial charge in [0.2, 0.25) is 0 Å². The number of carbonyl (C=O) groups is 1. The van der Waals surface area contributed by atoms with Gasteiger partial charge in [-0.25, -0.2) is 9.78 Å². The predicted molar refractivity (Wildman–Crippen MR) is 107 cm³/mol. The van der Waals surface area contributed by atoms with Crippen LogP contribution in [0.5, 0.6) is 0 Å². The van der Waals surface area contributed by atoms with E-state index in [1.807, 2.05) is 11.6 Å². The summed E-state index contributed by atoms with van der Waals surface area (Å²) in [6.07, 6.45) is 3.70. The second-order valence-corrected chi connectivity index (χ2v) is 7.30. The third-order valence-corrected chi connectivity index (χ3v) is 5.26. The smallest absolute Gasteiger partial charge is 0.319 e. The summed E-state index contributed by atoms with van der Waals surface area (Å²) in [5.74, 6) is 0.730. The average molecular weight is 381 g/mol.